The first kappa shape index (κ1) is 19.4. The van der Waals surface area contributed by atoms with E-state index >= 15 is 0 Å². The molecule has 8 heteroatoms. The highest BCUT2D eigenvalue weighted by Gasteiger charge is 2.31. The summed E-state index contributed by atoms with van der Waals surface area (Å²) in [5.41, 5.74) is 2.09. The molecule has 2 amide bonds. The number of hydrogen-bond donors (Lipinski definition) is 2. The molecule has 1 aliphatic heterocycles. The summed E-state index contributed by atoms with van der Waals surface area (Å²) >= 11 is 0. The minimum atomic E-state index is -3.89. The Morgan fingerprint density at radius 1 is 1.10 bits per heavy atom. The van der Waals surface area contributed by atoms with Crippen molar-refractivity contribution in [3.8, 4) is 0 Å². The zero-order valence-electron chi connectivity index (χ0n) is 16.3. The maximum atomic E-state index is 13.0. The number of rotatable bonds is 5. The third-order valence-corrected chi connectivity index (χ3v) is 6.61. The summed E-state index contributed by atoms with van der Waals surface area (Å²) in [5.74, 6) is -0.355. The Labute approximate surface area is 170 Å². The van der Waals surface area contributed by atoms with E-state index in [9.17, 15) is 18.0 Å². The fourth-order valence-electron chi connectivity index (χ4n) is 3.72. The minimum Gasteiger partial charge on any atom is -0.349 e. The van der Waals surface area contributed by atoms with Crippen LogP contribution in [0.3, 0.4) is 0 Å². The molecular formula is C21H23N3O4S. The molecule has 1 heterocycles. The number of amides is 2. The lowest BCUT2D eigenvalue weighted by atomic mass is 10.1. The van der Waals surface area contributed by atoms with Crippen LogP contribution in [0.1, 0.15) is 42.6 Å². The summed E-state index contributed by atoms with van der Waals surface area (Å²) in [4.78, 5) is 26.1. The Morgan fingerprint density at radius 2 is 1.83 bits per heavy atom. The molecule has 4 rings (SSSR count). The molecule has 1 aliphatic carbocycles. The zero-order chi connectivity index (χ0) is 20.8. The predicted octanol–water partition coefficient (Wildman–Crippen LogP) is 2.68. The van der Waals surface area contributed by atoms with Crippen LogP contribution >= 0.6 is 0 Å². The Bertz CT molecular complexity index is 1090. The van der Waals surface area contributed by atoms with Gasteiger partial charge < -0.3 is 10.2 Å². The van der Waals surface area contributed by atoms with Gasteiger partial charge in [0.05, 0.1) is 16.1 Å². The van der Waals surface area contributed by atoms with Crippen molar-refractivity contribution < 1.29 is 18.0 Å². The molecule has 2 aromatic rings. The van der Waals surface area contributed by atoms with Gasteiger partial charge >= 0.3 is 0 Å². The van der Waals surface area contributed by atoms with Gasteiger partial charge in [0.2, 0.25) is 5.91 Å². The monoisotopic (exact) mass is 413 g/mol. The number of sulfonamides is 1. The molecule has 2 aliphatic rings. The van der Waals surface area contributed by atoms with Gasteiger partial charge in [-0.05, 0) is 62.1 Å². The molecule has 29 heavy (non-hydrogen) atoms. The van der Waals surface area contributed by atoms with E-state index in [1.54, 1.807) is 41.3 Å². The maximum Gasteiger partial charge on any atom is 0.261 e. The third-order valence-electron chi connectivity index (χ3n) is 5.24. The highest BCUT2D eigenvalue weighted by atomic mass is 32.2. The van der Waals surface area contributed by atoms with Crippen LogP contribution < -0.4 is 14.9 Å². The zero-order valence-corrected chi connectivity index (χ0v) is 17.1. The fraction of sp³-hybridized carbons (Fsp3) is 0.333. The number of anilines is 2. The van der Waals surface area contributed by atoms with E-state index in [4.69, 9.17) is 0 Å². The van der Waals surface area contributed by atoms with Gasteiger partial charge in [-0.3, -0.25) is 14.3 Å². The molecule has 0 spiro atoms. The number of hydrogen-bond acceptors (Lipinski definition) is 4. The van der Waals surface area contributed by atoms with E-state index in [0.29, 0.717) is 12.0 Å². The van der Waals surface area contributed by atoms with Crippen molar-refractivity contribution in [1.82, 2.24) is 5.32 Å². The summed E-state index contributed by atoms with van der Waals surface area (Å²) in [6, 6.07) is 11.5. The maximum absolute atomic E-state index is 13.0. The van der Waals surface area contributed by atoms with Gasteiger partial charge in [-0.15, -0.1) is 0 Å². The number of nitrogens with one attached hydrogen (secondary N) is 2. The van der Waals surface area contributed by atoms with Crippen molar-refractivity contribution in [1.29, 1.82) is 0 Å². The van der Waals surface area contributed by atoms with Gasteiger partial charge in [0.1, 0.15) is 0 Å². The molecular weight excluding hydrogens is 390 g/mol. The number of carbonyl (C=O) groups is 2. The van der Waals surface area contributed by atoms with Gasteiger partial charge in [-0.25, -0.2) is 8.42 Å². The van der Waals surface area contributed by atoms with Gasteiger partial charge in [-0.2, -0.15) is 0 Å². The fourth-order valence-corrected chi connectivity index (χ4v) is 4.85. The quantitative estimate of drug-likeness (QED) is 0.788. The number of para-hydroxylation sites is 1. The van der Waals surface area contributed by atoms with E-state index in [2.05, 4.69) is 10.0 Å². The molecule has 1 atom stereocenters. The molecule has 0 saturated heterocycles. The van der Waals surface area contributed by atoms with Crippen molar-refractivity contribution in [2.45, 2.75) is 50.1 Å². The van der Waals surface area contributed by atoms with Crippen molar-refractivity contribution >= 4 is 33.2 Å². The van der Waals surface area contributed by atoms with Crippen LogP contribution in [0.5, 0.6) is 0 Å². The van der Waals surface area contributed by atoms with Crippen LogP contribution in [0.2, 0.25) is 0 Å². The van der Waals surface area contributed by atoms with Gasteiger partial charge in [-0.1, -0.05) is 12.1 Å². The first-order valence-corrected chi connectivity index (χ1v) is 11.1. The van der Waals surface area contributed by atoms with Crippen LogP contribution in [-0.2, 0) is 21.2 Å². The first-order chi connectivity index (χ1) is 13.8. The smallest absolute Gasteiger partial charge is 0.261 e. The first-order valence-electron chi connectivity index (χ1n) is 9.61. The molecule has 0 radical (unpaired) electrons. The van der Waals surface area contributed by atoms with Crippen LogP contribution in [0.15, 0.2) is 47.4 Å². The molecule has 2 aromatic carbocycles. The minimum absolute atomic E-state index is 0.0136. The van der Waals surface area contributed by atoms with Gasteiger partial charge in [0, 0.05) is 24.7 Å². The van der Waals surface area contributed by atoms with Crippen molar-refractivity contribution in [2.24, 2.45) is 0 Å². The van der Waals surface area contributed by atoms with Crippen LogP contribution in [0.4, 0.5) is 11.4 Å². The SMILES string of the molecule is CC(=O)N1c2ccc(S(=O)(=O)Nc3ccccc3C(=O)NC3CC3)cc2CC1C. The number of nitrogens with zero attached hydrogens (tertiary/aromatic N) is 1. The van der Waals surface area contributed by atoms with Crippen molar-refractivity contribution in [2.75, 3.05) is 9.62 Å². The number of fused-ring (bicyclic) bond motifs is 1. The number of carbonyl (C=O) groups excluding carboxylic acids is 2. The van der Waals surface area contributed by atoms with Crippen LogP contribution in [0.25, 0.3) is 0 Å². The summed E-state index contributed by atoms with van der Waals surface area (Å²) in [5, 5.41) is 2.88. The lowest BCUT2D eigenvalue weighted by Crippen LogP contribution is -2.33. The average Bonchev–Trinajstić information content (AvgIpc) is 3.40. The highest BCUT2D eigenvalue weighted by molar-refractivity contribution is 7.92. The standard InChI is InChI=1S/C21H23N3O4S/c1-13-11-15-12-17(9-10-20(15)24(13)14(2)25)29(27,28)23-19-6-4-3-5-18(19)21(26)22-16-7-8-16/h3-6,9-10,12-13,16,23H,7-8,11H2,1-2H3,(H,22,26). The van der Waals surface area contributed by atoms with E-state index < -0.39 is 10.0 Å². The molecule has 1 unspecified atom stereocenters. The van der Waals surface area contributed by atoms with Gasteiger partial charge in [0.25, 0.3) is 15.9 Å². The van der Waals surface area contributed by atoms with Crippen molar-refractivity contribution in [3.63, 3.8) is 0 Å². The van der Waals surface area contributed by atoms with Crippen molar-refractivity contribution in [3.05, 3.63) is 53.6 Å². The molecule has 1 fully saturated rings. The molecule has 2 N–H and O–H groups in total. The van der Waals surface area contributed by atoms with E-state index in [-0.39, 0.29) is 34.5 Å². The molecule has 1 saturated carbocycles. The Morgan fingerprint density at radius 3 is 2.52 bits per heavy atom. The molecule has 0 bridgehead atoms. The molecule has 7 nitrogen and oxygen atoms in total. The second kappa shape index (κ2) is 7.18. The van der Waals surface area contributed by atoms with E-state index in [0.717, 1.165) is 24.1 Å². The summed E-state index contributed by atoms with van der Waals surface area (Å²) in [7, 11) is -3.89. The Kier molecular flexibility index (Phi) is 4.82. The lowest BCUT2D eigenvalue weighted by Gasteiger charge is -2.20. The van der Waals surface area contributed by atoms with Gasteiger partial charge in [0.15, 0.2) is 0 Å². The normalized spacial score (nSPS) is 18.3. The summed E-state index contributed by atoms with van der Waals surface area (Å²) in [6.45, 7) is 3.43. The lowest BCUT2D eigenvalue weighted by molar-refractivity contribution is -0.116. The third kappa shape index (κ3) is 3.85. The second-order valence-electron chi connectivity index (χ2n) is 7.63. The largest absolute Gasteiger partial charge is 0.349 e. The Balaban J connectivity index is 1.62. The number of benzene rings is 2. The van der Waals surface area contributed by atoms with Crippen LogP contribution in [0, 0.1) is 0 Å². The molecule has 0 aromatic heterocycles. The average molecular weight is 413 g/mol. The predicted molar refractivity (Wildman–Crippen MR) is 111 cm³/mol. The second-order valence-corrected chi connectivity index (χ2v) is 9.31. The van der Waals surface area contributed by atoms with E-state index in [1.807, 2.05) is 6.92 Å². The van der Waals surface area contributed by atoms with Crippen LogP contribution in [-0.4, -0.2) is 32.3 Å². The molecule has 152 valence electrons. The summed E-state index contributed by atoms with van der Waals surface area (Å²) in [6.07, 6.45) is 2.49. The Hall–Kier alpha value is -2.87. The topological polar surface area (TPSA) is 95.6 Å². The summed E-state index contributed by atoms with van der Waals surface area (Å²) < 4.78 is 28.5. The highest BCUT2D eigenvalue weighted by Crippen LogP contribution is 2.34. The van der Waals surface area contributed by atoms with E-state index in [1.165, 1.54) is 13.0 Å².